The van der Waals surface area contributed by atoms with Crippen molar-refractivity contribution in [3.8, 4) is 19.5 Å². The maximum Gasteiger partial charge on any atom is 0.261 e. The van der Waals surface area contributed by atoms with Crippen LogP contribution < -0.4 is 10.6 Å². The molecule has 4 nitrogen and oxygen atoms in total. The highest BCUT2D eigenvalue weighted by Crippen LogP contribution is 2.44. The fraction of sp³-hybridized carbons (Fsp3) is 0.774. The van der Waals surface area contributed by atoms with Crippen LogP contribution in [0.5, 0.6) is 0 Å². The molecule has 0 atom stereocenters. The predicted molar refractivity (Wildman–Crippen MR) is 310 cm³/mol. The van der Waals surface area contributed by atoms with E-state index in [0.29, 0.717) is 0 Å². The second kappa shape index (κ2) is 42.5. The first kappa shape index (κ1) is 61.3. The number of thiophene rings is 3. The molecule has 0 aliphatic rings. The minimum absolute atomic E-state index is 0.0890. The van der Waals surface area contributed by atoms with Crippen molar-refractivity contribution in [3.05, 3.63) is 45.1 Å². The molecular weight excluding hydrogens is 901 g/mol. The summed E-state index contributed by atoms with van der Waals surface area (Å²) in [6.07, 6.45) is 54.8. The lowest BCUT2D eigenvalue weighted by atomic mass is 10.0. The first-order valence-electron chi connectivity index (χ1n) is 29.9. The van der Waals surface area contributed by atoms with Crippen molar-refractivity contribution >= 4 is 45.8 Å². The van der Waals surface area contributed by atoms with E-state index in [0.717, 1.165) is 61.4 Å². The Morgan fingerprint density at radius 1 is 0.333 bits per heavy atom. The largest absolute Gasteiger partial charge is 0.351 e. The molecule has 3 aromatic heterocycles. The second-order valence-electron chi connectivity index (χ2n) is 20.8. The third-order valence-electron chi connectivity index (χ3n) is 14.4. The van der Waals surface area contributed by atoms with E-state index >= 15 is 0 Å². The Hall–Kier alpha value is -1.96. The molecular formula is C62H106N2O2S3. The molecule has 0 fully saturated rings. The Bertz CT molecular complexity index is 1550. The normalized spacial score (nSPS) is 11.5. The standard InChI is InChI=1S/C62H106N2O2S3/c1-5-9-13-17-21-23-25-27-29-31-33-35-39-43-49-63-61(65)57-51-53(45-41-37-19-15-11-7-3)59(68-57)55-47-48-56(67-55)60-54(46-42-38-20-16-12-8-4)52-58(69-60)62(66)64-50-44-40-36-34-32-30-28-26-24-22-18-14-10-6-2/h47-48,51-52H,5-46,49-50H2,1-4H3,(H,63,65)(H,64,66). The number of aryl methyl sites for hydroxylation is 2. The van der Waals surface area contributed by atoms with Crippen LogP contribution in [-0.4, -0.2) is 24.9 Å². The molecule has 3 aromatic rings. The molecule has 0 saturated carbocycles. The van der Waals surface area contributed by atoms with Gasteiger partial charge in [-0.1, -0.05) is 259 Å². The zero-order chi connectivity index (χ0) is 49.3. The highest BCUT2D eigenvalue weighted by Gasteiger charge is 2.21. The van der Waals surface area contributed by atoms with Gasteiger partial charge >= 0.3 is 0 Å². The first-order valence-corrected chi connectivity index (χ1v) is 32.4. The third-order valence-corrected chi connectivity index (χ3v) is 18.1. The molecule has 2 N–H and O–H groups in total. The van der Waals surface area contributed by atoms with E-state index in [2.05, 4.69) is 62.6 Å². The van der Waals surface area contributed by atoms with Gasteiger partial charge in [0.1, 0.15) is 0 Å². The highest BCUT2D eigenvalue weighted by atomic mass is 32.1. The van der Waals surface area contributed by atoms with Crippen LogP contribution in [0.4, 0.5) is 0 Å². The summed E-state index contributed by atoms with van der Waals surface area (Å²) in [4.78, 5) is 34.0. The van der Waals surface area contributed by atoms with E-state index in [1.807, 2.05) is 11.3 Å². The summed E-state index contributed by atoms with van der Waals surface area (Å²) in [7, 11) is 0. The smallest absolute Gasteiger partial charge is 0.261 e. The lowest BCUT2D eigenvalue weighted by molar-refractivity contribution is 0.0948. The Morgan fingerprint density at radius 3 is 0.855 bits per heavy atom. The molecule has 3 heterocycles. The van der Waals surface area contributed by atoms with E-state index in [4.69, 9.17) is 0 Å². The number of amides is 2. The van der Waals surface area contributed by atoms with Gasteiger partial charge < -0.3 is 10.6 Å². The van der Waals surface area contributed by atoms with Crippen molar-refractivity contribution in [2.75, 3.05) is 13.1 Å². The molecule has 69 heavy (non-hydrogen) atoms. The quantitative estimate of drug-likeness (QED) is 0.0554. The fourth-order valence-corrected chi connectivity index (χ4v) is 13.4. The van der Waals surface area contributed by atoms with Gasteiger partial charge in [-0.3, -0.25) is 9.59 Å². The second-order valence-corrected chi connectivity index (χ2v) is 24.0. The first-order chi connectivity index (χ1) is 34.0. The lowest BCUT2D eigenvalue weighted by Crippen LogP contribution is -2.23. The molecule has 0 bridgehead atoms. The minimum atomic E-state index is 0.0890. The van der Waals surface area contributed by atoms with Gasteiger partial charge in [-0.05, 0) is 73.9 Å². The van der Waals surface area contributed by atoms with Gasteiger partial charge in [-0.25, -0.2) is 0 Å². The summed E-state index contributed by atoms with van der Waals surface area (Å²) >= 11 is 5.23. The number of nitrogens with one attached hydrogen (secondary N) is 2. The zero-order valence-electron chi connectivity index (χ0n) is 45.5. The van der Waals surface area contributed by atoms with Crippen molar-refractivity contribution in [1.82, 2.24) is 10.6 Å². The van der Waals surface area contributed by atoms with Crippen LogP contribution in [0.3, 0.4) is 0 Å². The summed E-state index contributed by atoms with van der Waals surface area (Å²) in [5.74, 6) is 0.178. The summed E-state index contributed by atoms with van der Waals surface area (Å²) in [6.45, 7) is 10.7. The summed E-state index contributed by atoms with van der Waals surface area (Å²) in [5, 5.41) is 6.59. The molecule has 0 radical (unpaired) electrons. The Morgan fingerprint density at radius 2 is 0.580 bits per heavy atom. The van der Waals surface area contributed by atoms with Gasteiger partial charge in [-0.2, -0.15) is 0 Å². The van der Waals surface area contributed by atoms with E-state index in [1.165, 1.54) is 262 Å². The van der Waals surface area contributed by atoms with Gasteiger partial charge in [-0.15, -0.1) is 34.0 Å². The van der Waals surface area contributed by atoms with E-state index in [1.54, 1.807) is 22.7 Å². The van der Waals surface area contributed by atoms with Gasteiger partial charge in [0.05, 0.1) is 9.75 Å². The SMILES string of the molecule is CCCCCCCCCCCCCCCCNC(=O)c1cc(CCCCCCCC)c(-c2ccc(-c3sc(C(=O)NCCCCCCCCCCCCCCCC)cc3CCCCCCCC)s2)s1. The zero-order valence-corrected chi connectivity index (χ0v) is 47.9. The fourth-order valence-electron chi connectivity index (χ4n) is 9.86. The Balaban J connectivity index is 1.55. The van der Waals surface area contributed by atoms with Gasteiger partial charge in [0.25, 0.3) is 11.8 Å². The van der Waals surface area contributed by atoms with Crippen molar-refractivity contribution in [2.24, 2.45) is 0 Å². The van der Waals surface area contributed by atoms with E-state index in [9.17, 15) is 9.59 Å². The molecule has 0 saturated heterocycles. The van der Waals surface area contributed by atoms with Crippen LogP contribution >= 0.6 is 34.0 Å². The molecule has 0 aliphatic carbocycles. The lowest BCUT2D eigenvalue weighted by Gasteiger charge is -2.05. The van der Waals surface area contributed by atoms with Gasteiger partial charge in [0.15, 0.2) is 0 Å². The van der Waals surface area contributed by atoms with Gasteiger partial charge in [0.2, 0.25) is 0 Å². The molecule has 0 aromatic carbocycles. The molecule has 0 spiro atoms. The van der Waals surface area contributed by atoms with Crippen molar-refractivity contribution in [2.45, 2.75) is 297 Å². The Kier molecular flexibility index (Phi) is 37.8. The number of unbranched alkanes of at least 4 members (excludes halogenated alkanes) is 36. The summed E-state index contributed by atoms with van der Waals surface area (Å²) in [6, 6.07) is 9.00. The van der Waals surface area contributed by atoms with Crippen LogP contribution in [0.1, 0.15) is 315 Å². The molecule has 0 aliphatic heterocycles. The minimum Gasteiger partial charge on any atom is -0.351 e. The van der Waals surface area contributed by atoms with Crippen LogP contribution in [0.15, 0.2) is 24.3 Å². The maximum absolute atomic E-state index is 13.6. The number of hydrogen-bond donors (Lipinski definition) is 2. The molecule has 394 valence electrons. The van der Waals surface area contributed by atoms with Crippen LogP contribution in [0.2, 0.25) is 0 Å². The molecule has 2 amide bonds. The topological polar surface area (TPSA) is 58.2 Å². The number of carbonyl (C=O) groups is 2. The molecule has 3 rings (SSSR count). The van der Waals surface area contributed by atoms with Crippen molar-refractivity contribution in [1.29, 1.82) is 0 Å². The predicted octanol–water partition coefficient (Wildman–Crippen LogP) is 21.4. The number of rotatable bonds is 48. The third kappa shape index (κ3) is 28.8. The average Bonchev–Trinajstić information content (AvgIpc) is 4.13. The monoisotopic (exact) mass is 1010 g/mol. The average molecular weight is 1010 g/mol. The van der Waals surface area contributed by atoms with Gasteiger partial charge in [0, 0.05) is 32.6 Å². The van der Waals surface area contributed by atoms with Crippen LogP contribution in [0, 0.1) is 0 Å². The van der Waals surface area contributed by atoms with Crippen molar-refractivity contribution in [3.63, 3.8) is 0 Å². The maximum atomic E-state index is 13.6. The Labute approximate surface area is 438 Å². The van der Waals surface area contributed by atoms with E-state index in [-0.39, 0.29) is 11.8 Å². The number of carbonyl (C=O) groups excluding carboxylic acids is 2. The van der Waals surface area contributed by atoms with E-state index < -0.39 is 0 Å². The highest BCUT2D eigenvalue weighted by molar-refractivity contribution is 7.27. The molecule has 0 unspecified atom stereocenters. The summed E-state index contributed by atoms with van der Waals surface area (Å²) < 4.78 is 0. The molecule has 7 heteroatoms. The van der Waals surface area contributed by atoms with Crippen molar-refractivity contribution < 1.29 is 9.59 Å². The summed E-state index contributed by atoms with van der Waals surface area (Å²) in [5.41, 5.74) is 2.65. The van der Waals surface area contributed by atoms with Crippen LogP contribution in [-0.2, 0) is 12.8 Å². The van der Waals surface area contributed by atoms with Crippen LogP contribution in [0.25, 0.3) is 19.5 Å². The number of hydrogen-bond acceptors (Lipinski definition) is 5.